The molecule has 0 N–H and O–H groups in total. The molecular formula is C40H31BN2. The molecule has 11 rings (SSSR count). The summed E-state index contributed by atoms with van der Waals surface area (Å²) in [5.74, 6) is 0. The van der Waals surface area contributed by atoms with E-state index in [2.05, 4.69) is 126 Å². The molecule has 4 heterocycles. The van der Waals surface area contributed by atoms with Gasteiger partial charge in [0, 0.05) is 44.2 Å². The summed E-state index contributed by atoms with van der Waals surface area (Å²) in [5, 5.41) is 8.10. The second-order valence-electron chi connectivity index (χ2n) is 13.9. The zero-order valence-corrected chi connectivity index (χ0v) is 24.6. The lowest BCUT2D eigenvalue weighted by atomic mass is 9.34. The zero-order chi connectivity index (χ0) is 28.2. The fraction of sp³-hybridized carbons (Fsp3) is 0.200. The highest BCUT2D eigenvalue weighted by molar-refractivity contribution is 7.00. The van der Waals surface area contributed by atoms with E-state index < -0.39 is 0 Å². The Hall–Kier alpha value is -4.50. The van der Waals surface area contributed by atoms with Crippen molar-refractivity contribution in [1.29, 1.82) is 0 Å². The lowest BCUT2D eigenvalue weighted by Crippen LogP contribution is -2.64. The van der Waals surface area contributed by atoms with E-state index in [-0.39, 0.29) is 17.7 Å². The quantitative estimate of drug-likeness (QED) is 0.137. The molecule has 2 unspecified atom stereocenters. The van der Waals surface area contributed by atoms with E-state index in [0.29, 0.717) is 0 Å². The first-order valence-corrected chi connectivity index (χ1v) is 16.1. The van der Waals surface area contributed by atoms with Gasteiger partial charge in [-0.15, -0.1) is 0 Å². The van der Waals surface area contributed by atoms with E-state index in [1.54, 1.807) is 5.56 Å². The molecular weight excluding hydrogens is 519 g/mol. The van der Waals surface area contributed by atoms with Crippen LogP contribution in [0.15, 0.2) is 103 Å². The molecule has 43 heavy (non-hydrogen) atoms. The molecule has 0 bridgehead atoms. The predicted molar refractivity (Wildman–Crippen MR) is 183 cm³/mol. The van der Waals surface area contributed by atoms with Crippen LogP contribution in [0, 0.1) is 0 Å². The Labute approximate surface area is 251 Å². The average Bonchev–Trinajstić information content (AvgIpc) is 3.51. The zero-order valence-electron chi connectivity index (χ0n) is 24.6. The summed E-state index contributed by atoms with van der Waals surface area (Å²) in [4.78, 5) is 2.82. The van der Waals surface area contributed by atoms with Crippen LogP contribution in [0.1, 0.15) is 45.1 Å². The SMILES string of the molecule is CC12CCCCC1(C)N1c3cccc4c3B(c3cccc2c31)c1cccc2c3c5ccccc5c5ccccc5c3n-4c12. The monoisotopic (exact) mass is 550 g/mol. The number of hydrogen-bond acceptors (Lipinski definition) is 1. The number of hydrogen-bond donors (Lipinski definition) is 0. The lowest BCUT2D eigenvalue weighted by Gasteiger charge is -2.52. The number of nitrogens with zero attached hydrogens (tertiary/aromatic N) is 2. The largest absolute Gasteiger partial charge is 0.335 e. The summed E-state index contributed by atoms with van der Waals surface area (Å²) in [6, 6.07) is 39.6. The highest BCUT2D eigenvalue weighted by atomic mass is 15.3. The Balaban J connectivity index is 1.37. The molecule has 3 heteroatoms. The first kappa shape index (κ1) is 23.0. The Morgan fingerprint density at radius 2 is 1.23 bits per heavy atom. The van der Waals surface area contributed by atoms with Gasteiger partial charge in [-0.3, -0.25) is 0 Å². The van der Waals surface area contributed by atoms with Crippen molar-refractivity contribution in [3.05, 3.63) is 109 Å². The second-order valence-corrected chi connectivity index (χ2v) is 13.9. The number of anilines is 2. The van der Waals surface area contributed by atoms with Gasteiger partial charge in [0.1, 0.15) is 0 Å². The molecule has 1 saturated carbocycles. The van der Waals surface area contributed by atoms with Crippen molar-refractivity contribution in [1.82, 2.24) is 4.57 Å². The average molecular weight is 551 g/mol. The van der Waals surface area contributed by atoms with Crippen molar-refractivity contribution in [2.45, 2.75) is 50.5 Å². The van der Waals surface area contributed by atoms with Gasteiger partial charge in [-0.2, -0.15) is 0 Å². The number of para-hydroxylation sites is 2. The van der Waals surface area contributed by atoms with Crippen LogP contribution < -0.4 is 21.3 Å². The van der Waals surface area contributed by atoms with Gasteiger partial charge >= 0.3 is 0 Å². The van der Waals surface area contributed by atoms with E-state index in [1.807, 2.05) is 0 Å². The van der Waals surface area contributed by atoms with Gasteiger partial charge in [-0.05, 0) is 70.0 Å². The van der Waals surface area contributed by atoms with E-state index in [1.165, 1.54) is 102 Å². The molecule has 0 amide bonds. The van der Waals surface area contributed by atoms with Crippen LogP contribution in [0.2, 0.25) is 0 Å². The van der Waals surface area contributed by atoms with Gasteiger partial charge in [-0.1, -0.05) is 111 Å². The van der Waals surface area contributed by atoms with Crippen LogP contribution >= 0.6 is 0 Å². The molecule has 204 valence electrons. The molecule has 1 aliphatic carbocycles. The van der Waals surface area contributed by atoms with Crippen LogP contribution in [-0.2, 0) is 5.41 Å². The van der Waals surface area contributed by atoms with Crippen LogP contribution in [0.4, 0.5) is 11.4 Å². The van der Waals surface area contributed by atoms with Gasteiger partial charge in [0.25, 0.3) is 6.71 Å². The molecule has 1 aromatic heterocycles. The van der Waals surface area contributed by atoms with Gasteiger partial charge < -0.3 is 9.47 Å². The van der Waals surface area contributed by atoms with Gasteiger partial charge in [0.2, 0.25) is 0 Å². The maximum atomic E-state index is 2.82. The number of benzene rings is 6. The molecule has 2 atom stereocenters. The Morgan fingerprint density at radius 3 is 2.09 bits per heavy atom. The van der Waals surface area contributed by atoms with Crippen molar-refractivity contribution in [3.63, 3.8) is 0 Å². The molecule has 6 aromatic carbocycles. The van der Waals surface area contributed by atoms with E-state index in [9.17, 15) is 0 Å². The fourth-order valence-corrected chi connectivity index (χ4v) is 10.3. The van der Waals surface area contributed by atoms with Gasteiger partial charge in [-0.25, -0.2) is 0 Å². The predicted octanol–water partition coefficient (Wildman–Crippen LogP) is 7.98. The summed E-state index contributed by atoms with van der Waals surface area (Å²) in [6.07, 6.45) is 5.11. The van der Waals surface area contributed by atoms with Crippen molar-refractivity contribution in [2.75, 3.05) is 4.90 Å². The number of rotatable bonds is 0. The fourth-order valence-electron chi connectivity index (χ4n) is 10.3. The third kappa shape index (κ3) is 2.36. The van der Waals surface area contributed by atoms with E-state index in [0.717, 1.165) is 0 Å². The summed E-state index contributed by atoms with van der Waals surface area (Å²) in [6.45, 7) is 5.35. The second kappa shape index (κ2) is 7.34. The Bertz CT molecular complexity index is 2420. The number of fused-ring (bicyclic) bond motifs is 15. The molecule has 0 radical (unpaired) electrons. The summed E-state index contributed by atoms with van der Waals surface area (Å²) in [7, 11) is 0. The van der Waals surface area contributed by atoms with Crippen LogP contribution in [-0.4, -0.2) is 16.8 Å². The highest BCUT2D eigenvalue weighted by Gasteiger charge is 2.60. The van der Waals surface area contributed by atoms with Crippen molar-refractivity contribution >= 4 is 77.8 Å². The van der Waals surface area contributed by atoms with Crippen molar-refractivity contribution < 1.29 is 0 Å². The summed E-state index contributed by atoms with van der Waals surface area (Å²) >= 11 is 0. The maximum Gasteiger partial charge on any atom is 0.252 e. The van der Waals surface area contributed by atoms with Crippen molar-refractivity contribution in [3.8, 4) is 5.69 Å². The molecule has 4 aliphatic rings. The molecule has 3 aliphatic heterocycles. The summed E-state index contributed by atoms with van der Waals surface area (Å²) in [5.41, 5.74) is 13.2. The Kier molecular flexibility index (Phi) is 3.93. The highest BCUT2D eigenvalue weighted by Crippen LogP contribution is 2.61. The smallest absolute Gasteiger partial charge is 0.252 e. The lowest BCUT2D eigenvalue weighted by molar-refractivity contribution is 0.195. The molecule has 0 saturated heterocycles. The molecule has 7 aromatic rings. The maximum absolute atomic E-state index is 2.82. The number of aromatic nitrogens is 1. The van der Waals surface area contributed by atoms with Crippen LogP contribution in [0.25, 0.3) is 49.0 Å². The summed E-state index contributed by atoms with van der Waals surface area (Å²) < 4.78 is 2.65. The third-order valence-corrected chi connectivity index (χ3v) is 12.3. The standard InChI is InChI=1S/C40H31BN2/c1-39-22-7-8-23-40(39,2)43-33-21-11-20-32-35(33)41(31-19-10-17-29(39)38(31)43)30-18-9-16-28-34-26-14-5-3-12-24(26)25-13-4-6-15-27(25)37(34)42(32)36(28)30/h3-6,9-21H,7-8,22-23H2,1-2H3. The third-order valence-electron chi connectivity index (χ3n) is 12.3. The van der Waals surface area contributed by atoms with E-state index >= 15 is 0 Å². The molecule has 1 fully saturated rings. The minimum atomic E-state index is 0.0672. The van der Waals surface area contributed by atoms with Gasteiger partial charge in [0.15, 0.2) is 0 Å². The topological polar surface area (TPSA) is 8.17 Å². The van der Waals surface area contributed by atoms with Crippen molar-refractivity contribution in [2.24, 2.45) is 0 Å². The van der Waals surface area contributed by atoms with E-state index in [4.69, 9.17) is 0 Å². The molecule has 2 nitrogen and oxygen atoms in total. The van der Waals surface area contributed by atoms with Crippen LogP contribution in [0.3, 0.4) is 0 Å². The van der Waals surface area contributed by atoms with Gasteiger partial charge in [0.05, 0.1) is 11.1 Å². The first-order valence-electron chi connectivity index (χ1n) is 16.1. The minimum absolute atomic E-state index is 0.0672. The minimum Gasteiger partial charge on any atom is -0.335 e. The Morgan fingerprint density at radius 1 is 0.581 bits per heavy atom. The van der Waals surface area contributed by atoms with Crippen LogP contribution in [0.5, 0.6) is 0 Å². The molecule has 0 spiro atoms. The first-order chi connectivity index (χ1) is 21.1. The normalized spacial score (nSPS) is 22.8.